The highest BCUT2D eigenvalue weighted by Crippen LogP contribution is 2.42. The van der Waals surface area contributed by atoms with Crippen LogP contribution in [-0.2, 0) is 18.3 Å². The number of hydrogen-bond acceptors (Lipinski definition) is 7. The van der Waals surface area contributed by atoms with Crippen LogP contribution in [-0.4, -0.2) is 35.2 Å². The Bertz CT molecular complexity index is 1590. The van der Waals surface area contributed by atoms with Crippen LogP contribution in [0.3, 0.4) is 0 Å². The van der Waals surface area contributed by atoms with E-state index in [9.17, 15) is 9.90 Å². The van der Waals surface area contributed by atoms with Gasteiger partial charge in [0.15, 0.2) is 11.5 Å². The standard InChI is InChI=1S/C28H31N3O5/c1-15-30-20-13-23(35-6)22(34-5)11-17(20)27(33)31(15)29-14-18-25-16-9-7-8-10-21(16)36-24(25)12-19(26(18)32)28(2,3)4/h11-14,32H,7-10H2,1-6H3/b29-14-. The molecule has 36 heavy (non-hydrogen) atoms. The van der Waals surface area contributed by atoms with E-state index < -0.39 is 0 Å². The molecule has 0 unspecified atom stereocenters. The maximum absolute atomic E-state index is 13.4. The van der Waals surface area contributed by atoms with Crippen molar-refractivity contribution in [2.24, 2.45) is 5.10 Å². The monoisotopic (exact) mass is 489 g/mol. The summed E-state index contributed by atoms with van der Waals surface area (Å²) in [4.78, 5) is 18.0. The Morgan fingerprint density at radius 2 is 1.81 bits per heavy atom. The molecule has 2 heterocycles. The van der Waals surface area contributed by atoms with E-state index in [4.69, 9.17) is 13.9 Å². The second-order valence-corrected chi connectivity index (χ2v) is 10.3. The second kappa shape index (κ2) is 8.69. The van der Waals surface area contributed by atoms with Crippen molar-refractivity contribution >= 4 is 28.1 Å². The van der Waals surface area contributed by atoms with Gasteiger partial charge in [0.05, 0.1) is 31.3 Å². The number of furan rings is 1. The topological polar surface area (TPSA) is 99.1 Å². The molecule has 1 N–H and O–H groups in total. The largest absolute Gasteiger partial charge is 0.507 e. The fourth-order valence-electron chi connectivity index (χ4n) is 5.01. The second-order valence-electron chi connectivity index (χ2n) is 10.3. The van der Waals surface area contributed by atoms with Crippen LogP contribution in [0.5, 0.6) is 17.2 Å². The van der Waals surface area contributed by atoms with Crippen molar-refractivity contribution in [3.05, 3.63) is 56.8 Å². The summed E-state index contributed by atoms with van der Waals surface area (Å²) in [7, 11) is 3.05. The van der Waals surface area contributed by atoms with Crippen molar-refractivity contribution in [1.82, 2.24) is 9.66 Å². The lowest BCUT2D eigenvalue weighted by Crippen LogP contribution is -2.21. The van der Waals surface area contributed by atoms with Crippen LogP contribution in [0.4, 0.5) is 0 Å². The smallest absolute Gasteiger partial charge is 0.282 e. The van der Waals surface area contributed by atoms with E-state index in [2.05, 4.69) is 10.1 Å². The minimum Gasteiger partial charge on any atom is -0.507 e. The van der Waals surface area contributed by atoms with Gasteiger partial charge in [0.2, 0.25) is 0 Å². The lowest BCUT2D eigenvalue weighted by molar-refractivity contribution is 0.355. The van der Waals surface area contributed by atoms with Gasteiger partial charge in [-0.05, 0) is 43.7 Å². The van der Waals surface area contributed by atoms with E-state index >= 15 is 0 Å². The Balaban J connectivity index is 1.74. The van der Waals surface area contributed by atoms with E-state index in [0.29, 0.717) is 33.8 Å². The first-order valence-electron chi connectivity index (χ1n) is 12.1. The summed E-state index contributed by atoms with van der Waals surface area (Å²) >= 11 is 0. The maximum Gasteiger partial charge on any atom is 0.282 e. The van der Waals surface area contributed by atoms with Crippen LogP contribution in [0.15, 0.2) is 32.5 Å². The van der Waals surface area contributed by atoms with E-state index in [1.165, 1.54) is 18.9 Å². The average Bonchev–Trinajstić information content (AvgIpc) is 3.21. The Kier molecular flexibility index (Phi) is 5.77. The summed E-state index contributed by atoms with van der Waals surface area (Å²) in [6.45, 7) is 7.85. The van der Waals surface area contributed by atoms with Gasteiger partial charge < -0.3 is 19.0 Å². The summed E-state index contributed by atoms with van der Waals surface area (Å²) in [6, 6.07) is 5.23. The van der Waals surface area contributed by atoms with E-state index in [-0.39, 0.29) is 16.7 Å². The van der Waals surface area contributed by atoms with Crippen molar-refractivity contribution in [2.45, 2.75) is 58.8 Å². The van der Waals surface area contributed by atoms with Crippen molar-refractivity contribution in [3.63, 3.8) is 0 Å². The molecular weight excluding hydrogens is 458 g/mol. The molecule has 2 aromatic carbocycles. The molecule has 0 aliphatic heterocycles. The van der Waals surface area contributed by atoms with Crippen LogP contribution in [0, 0.1) is 6.92 Å². The predicted molar refractivity (Wildman–Crippen MR) is 140 cm³/mol. The normalized spacial score (nSPS) is 14.1. The molecule has 0 amide bonds. The number of aromatic nitrogens is 2. The van der Waals surface area contributed by atoms with E-state index in [1.54, 1.807) is 25.3 Å². The van der Waals surface area contributed by atoms with E-state index in [1.807, 2.05) is 26.8 Å². The maximum atomic E-state index is 13.4. The van der Waals surface area contributed by atoms with Crippen LogP contribution in [0.2, 0.25) is 0 Å². The van der Waals surface area contributed by atoms with Crippen LogP contribution in [0.1, 0.15) is 61.9 Å². The highest BCUT2D eigenvalue weighted by Gasteiger charge is 2.27. The first kappa shape index (κ1) is 23.9. The number of methoxy groups -OCH3 is 2. The number of hydrogen-bond donors (Lipinski definition) is 1. The van der Waals surface area contributed by atoms with Crippen molar-refractivity contribution in [2.75, 3.05) is 14.2 Å². The summed E-state index contributed by atoms with van der Waals surface area (Å²) in [5.41, 5.74) is 3.01. The number of fused-ring (bicyclic) bond motifs is 4. The van der Waals surface area contributed by atoms with Gasteiger partial charge in [-0.15, -0.1) is 0 Å². The predicted octanol–water partition coefficient (Wildman–Crippen LogP) is 5.23. The Labute approximate surface area is 209 Å². The molecule has 0 fully saturated rings. The minimum absolute atomic E-state index is 0.152. The number of nitrogens with zero attached hydrogens (tertiary/aromatic N) is 3. The molecule has 2 aromatic heterocycles. The van der Waals surface area contributed by atoms with E-state index in [0.717, 1.165) is 53.5 Å². The fourth-order valence-corrected chi connectivity index (χ4v) is 5.01. The van der Waals surface area contributed by atoms with Crippen LogP contribution < -0.4 is 15.0 Å². The number of phenolic OH excluding ortho intramolecular Hbond substituents is 1. The molecule has 0 bridgehead atoms. The average molecular weight is 490 g/mol. The highest BCUT2D eigenvalue weighted by molar-refractivity contribution is 6.04. The Hall–Kier alpha value is -3.81. The summed E-state index contributed by atoms with van der Waals surface area (Å²) < 4.78 is 18.2. The van der Waals surface area contributed by atoms with Gasteiger partial charge in [-0.1, -0.05) is 20.8 Å². The Morgan fingerprint density at radius 1 is 1.11 bits per heavy atom. The lowest BCUT2D eigenvalue weighted by atomic mass is 9.83. The number of aryl methyl sites for hydroxylation is 3. The third-order valence-electron chi connectivity index (χ3n) is 6.88. The molecular formula is C28H31N3O5. The number of benzene rings is 2. The highest BCUT2D eigenvalue weighted by atomic mass is 16.5. The zero-order valence-electron chi connectivity index (χ0n) is 21.6. The van der Waals surface area contributed by atoms with Gasteiger partial charge in [-0.3, -0.25) is 4.79 Å². The zero-order chi connectivity index (χ0) is 25.8. The number of ether oxygens (including phenoxy) is 2. The first-order chi connectivity index (χ1) is 17.1. The molecule has 5 rings (SSSR count). The molecule has 188 valence electrons. The van der Waals surface area contributed by atoms with Gasteiger partial charge in [-0.25, -0.2) is 4.98 Å². The van der Waals surface area contributed by atoms with Gasteiger partial charge in [-0.2, -0.15) is 9.78 Å². The SMILES string of the molecule is COc1cc2nc(C)n(/N=C\c3c(O)c(C(C)(C)C)cc4oc5c(c34)CCCC5)c(=O)c2cc1OC. The third kappa shape index (κ3) is 3.81. The lowest BCUT2D eigenvalue weighted by Gasteiger charge is -2.22. The van der Waals surface area contributed by atoms with Crippen molar-refractivity contribution in [1.29, 1.82) is 0 Å². The molecule has 0 spiro atoms. The van der Waals surface area contributed by atoms with Crippen LogP contribution in [0.25, 0.3) is 21.9 Å². The van der Waals surface area contributed by atoms with Crippen LogP contribution >= 0.6 is 0 Å². The quantitative estimate of drug-likeness (QED) is 0.394. The van der Waals surface area contributed by atoms with Gasteiger partial charge in [0, 0.05) is 34.6 Å². The molecule has 0 radical (unpaired) electrons. The van der Waals surface area contributed by atoms with Gasteiger partial charge in [0.1, 0.15) is 22.9 Å². The first-order valence-corrected chi connectivity index (χ1v) is 12.1. The van der Waals surface area contributed by atoms with Gasteiger partial charge in [0.25, 0.3) is 5.56 Å². The Morgan fingerprint density at radius 3 is 2.50 bits per heavy atom. The fraction of sp³-hybridized carbons (Fsp3) is 0.393. The number of aromatic hydroxyl groups is 1. The molecule has 1 aliphatic rings. The number of phenols is 1. The minimum atomic E-state index is -0.341. The number of rotatable bonds is 4. The zero-order valence-corrected chi connectivity index (χ0v) is 21.6. The molecule has 0 atom stereocenters. The molecule has 0 saturated heterocycles. The summed E-state index contributed by atoms with van der Waals surface area (Å²) in [5.74, 6) is 2.46. The molecule has 8 nitrogen and oxygen atoms in total. The molecule has 4 aromatic rings. The van der Waals surface area contributed by atoms with Gasteiger partial charge >= 0.3 is 0 Å². The van der Waals surface area contributed by atoms with Crippen molar-refractivity contribution < 1.29 is 19.0 Å². The molecule has 1 aliphatic carbocycles. The molecule has 8 heteroatoms. The third-order valence-corrected chi connectivity index (χ3v) is 6.88. The summed E-state index contributed by atoms with van der Waals surface area (Å²) in [5, 5.41) is 17.1. The molecule has 0 saturated carbocycles. The summed E-state index contributed by atoms with van der Waals surface area (Å²) in [6.07, 6.45) is 5.47. The van der Waals surface area contributed by atoms with Crippen molar-refractivity contribution in [3.8, 4) is 17.2 Å².